The van der Waals surface area contributed by atoms with E-state index in [1.165, 1.54) is 12.0 Å². The lowest BCUT2D eigenvalue weighted by Gasteiger charge is -2.23. The highest BCUT2D eigenvalue weighted by atomic mass is 79.9. The Balaban J connectivity index is -0.000000316. The van der Waals surface area contributed by atoms with Crippen molar-refractivity contribution in [1.29, 1.82) is 0 Å². The zero-order valence-corrected chi connectivity index (χ0v) is 20.3. The first-order valence-corrected chi connectivity index (χ1v) is 10.7. The van der Waals surface area contributed by atoms with Gasteiger partial charge in [-0.05, 0) is 39.0 Å². The number of carbonyl (C=O) groups excluding carboxylic acids is 1. The standard InChI is InChI=1S/C9H16O.C5H11Br.C3HCl4F3/c1-8(2)5-4-6-9(3)7-10;1-5(2)3-4-6;4-1(8)2(9,10)3(5,6)7/h5,7,9H,4,6H2,1-3H3;5H,3-4H2,1-2H3;1H. The topological polar surface area (TPSA) is 17.1 Å². The van der Waals surface area contributed by atoms with Crippen molar-refractivity contribution in [1.82, 2.24) is 0 Å². The van der Waals surface area contributed by atoms with Crippen LogP contribution in [-0.4, -0.2) is 27.0 Å². The van der Waals surface area contributed by atoms with Crippen LogP contribution in [0.2, 0.25) is 0 Å². The van der Waals surface area contributed by atoms with Crippen LogP contribution in [0.1, 0.15) is 53.9 Å². The Hall–Kier alpha value is 0.840. The highest BCUT2D eigenvalue weighted by Gasteiger charge is 2.56. The molecule has 0 aliphatic rings. The highest BCUT2D eigenvalue weighted by Crippen LogP contribution is 2.46. The first kappa shape index (κ1) is 31.5. The first-order valence-electron chi connectivity index (χ1n) is 8.00. The van der Waals surface area contributed by atoms with Gasteiger partial charge in [-0.15, -0.1) is 0 Å². The zero-order chi connectivity index (χ0) is 21.6. The van der Waals surface area contributed by atoms with E-state index >= 15 is 0 Å². The number of allylic oxidation sites excluding steroid dienone is 2. The second-order valence-electron chi connectivity index (χ2n) is 6.27. The van der Waals surface area contributed by atoms with Gasteiger partial charge in [0.1, 0.15) is 6.29 Å². The van der Waals surface area contributed by atoms with E-state index in [0.717, 1.165) is 30.4 Å². The molecule has 0 radical (unpaired) electrons. The minimum absolute atomic E-state index is 0.218. The Labute approximate surface area is 184 Å². The smallest absolute Gasteiger partial charge is 0.303 e. The molecule has 158 valence electrons. The Morgan fingerprint density at radius 3 is 1.73 bits per heavy atom. The van der Waals surface area contributed by atoms with E-state index in [1.54, 1.807) is 0 Å². The van der Waals surface area contributed by atoms with Gasteiger partial charge in [-0.1, -0.05) is 94.8 Å². The summed E-state index contributed by atoms with van der Waals surface area (Å²) in [5, 5.41) is 1.14. The maximum atomic E-state index is 12.2. The van der Waals surface area contributed by atoms with Crippen molar-refractivity contribution < 1.29 is 18.0 Å². The van der Waals surface area contributed by atoms with E-state index in [1.807, 2.05) is 6.92 Å². The third-order valence-corrected chi connectivity index (χ3v) is 4.23. The quantitative estimate of drug-likeness (QED) is 0.184. The maximum Gasteiger partial charge on any atom is 0.338 e. The lowest BCUT2D eigenvalue weighted by atomic mass is 10.1. The molecule has 0 rings (SSSR count). The monoisotopic (exact) mass is 524 g/mol. The SMILES string of the molecule is CC(C)=CCCC(C)C=O.CC(C)CCBr.FC(Cl)C(F)(F)C(Cl)(Cl)Cl. The van der Waals surface area contributed by atoms with Gasteiger partial charge in [-0.3, -0.25) is 0 Å². The molecule has 0 fully saturated rings. The van der Waals surface area contributed by atoms with E-state index in [4.69, 9.17) is 0 Å². The van der Waals surface area contributed by atoms with E-state index < -0.39 is 15.3 Å². The first-order chi connectivity index (χ1) is 11.6. The molecule has 26 heavy (non-hydrogen) atoms. The molecule has 0 aromatic carbocycles. The number of hydrogen-bond donors (Lipinski definition) is 0. The Bertz CT molecular complexity index is 383. The predicted octanol–water partition coefficient (Wildman–Crippen LogP) is 8.52. The Morgan fingerprint density at radius 1 is 1.12 bits per heavy atom. The van der Waals surface area contributed by atoms with Gasteiger partial charge < -0.3 is 4.79 Å². The lowest BCUT2D eigenvalue weighted by molar-refractivity contribution is -0.110. The molecule has 2 atom stereocenters. The van der Waals surface area contributed by atoms with Gasteiger partial charge in [0.25, 0.3) is 3.79 Å². The molecule has 0 amide bonds. The van der Waals surface area contributed by atoms with Crippen molar-refractivity contribution in [3.8, 4) is 0 Å². The van der Waals surface area contributed by atoms with Crippen molar-refractivity contribution >= 4 is 68.6 Å². The number of alkyl halides is 8. The van der Waals surface area contributed by atoms with Crippen LogP contribution in [0, 0.1) is 11.8 Å². The molecule has 2 unspecified atom stereocenters. The average Bonchev–Trinajstić information content (AvgIpc) is 2.46. The molecule has 0 spiro atoms. The van der Waals surface area contributed by atoms with Crippen LogP contribution in [0.15, 0.2) is 11.6 Å². The van der Waals surface area contributed by atoms with E-state index in [9.17, 15) is 18.0 Å². The van der Waals surface area contributed by atoms with Gasteiger partial charge in [-0.2, -0.15) is 8.78 Å². The number of carbonyl (C=O) groups is 1. The van der Waals surface area contributed by atoms with Crippen LogP contribution in [0.3, 0.4) is 0 Å². The minimum atomic E-state index is -4.17. The summed E-state index contributed by atoms with van der Waals surface area (Å²) in [5.74, 6) is -3.10. The molecule has 0 N–H and O–H groups in total. The van der Waals surface area contributed by atoms with Crippen molar-refractivity contribution in [3.05, 3.63) is 11.6 Å². The van der Waals surface area contributed by atoms with E-state index in [-0.39, 0.29) is 5.92 Å². The van der Waals surface area contributed by atoms with Crippen LogP contribution < -0.4 is 0 Å². The van der Waals surface area contributed by atoms with E-state index in [0.29, 0.717) is 0 Å². The molecular weight excluding hydrogens is 499 g/mol. The Morgan fingerprint density at radius 2 is 1.58 bits per heavy atom. The number of rotatable bonds is 7. The van der Waals surface area contributed by atoms with Gasteiger partial charge in [-0.25, -0.2) is 4.39 Å². The molecular formula is C17H28BrCl4F3O. The third kappa shape index (κ3) is 19.6. The summed E-state index contributed by atoms with van der Waals surface area (Å²) < 4.78 is 33.0. The summed E-state index contributed by atoms with van der Waals surface area (Å²) in [7, 11) is 0. The number of hydrogen-bond acceptors (Lipinski definition) is 1. The molecule has 0 saturated carbocycles. The molecule has 0 saturated heterocycles. The predicted molar refractivity (Wildman–Crippen MR) is 113 cm³/mol. The average molecular weight is 527 g/mol. The fourth-order valence-corrected chi connectivity index (χ4v) is 2.58. The van der Waals surface area contributed by atoms with Gasteiger partial charge >= 0.3 is 5.92 Å². The van der Waals surface area contributed by atoms with Gasteiger partial charge in [0.15, 0.2) is 0 Å². The highest BCUT2D eigenvalue weighted by molar-refractivity contribution is 9.09. The summed E-state index contributed by atoms with van der Waals surface area (Å²) in [4.78, 5) is 10.2. The normalized spacial score (nSPS) is 13.6. The van der Waals surface area contributed by atoms with Crippen LogP contribution in [0.4, 0.5) is 13.2 Å². The summed E-state index contributed by atoms with van der Waals surface area (Å²) in [5.41, 5.74) is -1.67. The maximum absolute atomic E-state index is 12.2. The molecule has 0 bridgehead atoms. The Kier molecular flexibility index (Phi) is 20.3. The molecule has 1 nitrogen and oxygen atoms in total. The summed E-state index contributed by atoms with van der Waals surface area (Å²) in [6.45, 7) is 10.5. The fourth-order valence-electron chi connectivity index (χ4n) is 1.04. The second kappa shape index (κ2) is 16.8. The minimum Gasteiger partial charge on any atom is -0.303 e. The van der Waals surface area contributed by atoms with Gasteiger partial charge in [0.05, 0.1) is 0 Å². The van der Waals surface area contributed by atoms with E-state index in [2.05, 4.69) is 96.1 Å². The fraction of sp³-hybridized carbons (Fsp3) is 0.824. The molecule has 0 aliphatic heterocycles. The molecule has 0 aromatic heterocycles. The molecule has 0 aromatic rings. The molecule has 0 aliphatic carbocycles. The van der Waals surface area contributed by atoms with Crippen molar-refractivity contribution in [2.24, 2.45) is 11.8 Å². The van der Waals surface area contributed by atoms with Crippen molar-refractivity contribution in [2.75, 3.05) is 5.33 Å². The molecule has 0 heterocycles. The summed E-state index contributed by atoms with van der Waals surface area (Å²) in [6, 6.07) is 0. The largest absolute Gasteiger partial charge is 0.338 e. The number of aldehydes is 1. The summed E-state index contributed by atoms with van der Waals surface area (Å²) >= 11 is 21.8. The second-order valence-corrected chi connectivity index (χ2v) is 9.72. The van der Waals surface area contributed by atoms with Crippen LogP contribution in [-0.2, 0) is 4.79 Å². The van der Waals surface area contributed by atoms with Crippen molar-refractivity contribution in [2.45, 2.75) is 69.2 Å². The van der Waals surface area contributed by atoms with Crippen LogP contribution in [0.25, 0.3) is 0 Å². The van der Waals surface area contributed by atoms with Gasteiger partial charge in [0.2, 0.25) is 5.63 Å². The lowest BCUT2D eigenvalue weighted by Crippen LogP contribution is -2.40. The number of halogens is 8. The van der Waals surface area contributed by atoms with Crippen LogP contribution >= 0.6 is 62.3 Å². The summed E-state index contributed by atoms with van der Waals surface area (Å²) in [6.07, 6.45) is 6.48. The van der Waals surface area contributed by atoms with Crippen molar-refractivity contribution in [3.63, 3.8) is 0 Å². The van der Waals surface area contributed by atoms with Crippen LogP contribution in [0.5, 0.6) is 0 Å². The third-order valence-electron chi connectivity index (χ3n) is 2.75. The van der Waals surface area contributed by atoms with Gasteiger partial charge in [0, 0.05) is 11.2 Å². The molecule has 9 heteroatoms. The zero-order valence-electron chi connectivity index (χ0n) is 15.6.